The first-order valence-corrected chi connectivity index (χ1v) is 9.05. The molecular weight excluding hydrogens is 360 g/mol. The molecule has 2 fully saturated rings. The van der Waals surface area contributed by atoms with E-state index in [0.717, 1.165) is 24.5 Å². The van der Waals surface area contributed by atoms with E-state index in [4.69, 9.17) is 4.74 Å². The number of rotatable bonds is 4. The second kappa shape index (κ2) is 7.11. The van der Waals surface area contributed by atoms with E-state index >= 15 is 0 Å². The average molecular weight is 380 g/mol. The summed E-state index contributed by atoms with van der Waals surface area (Å²) in [7, 11) is 0. The number of pyridine rings is 1. The molecule has 3 nitrogen and oxygen atoms in total. The molecule has 4 rings (SSSR count). The number of hydrogen-bond donors (Lipinski definition) is 0. The molecule has 1 aliphatic heterocycles. The number of ether oxygens (including phenoxy) is 1. The maximum absolute atomic E-state index is 13.3. The van der Waals surface area contributed by atoms with E-state index in [-0.39, 0.29) is 17.8 Å². The number of hydrogen-bond acceptors (Lipinski definition) is 3. The number of nitrogens with zero attached hydrogens (tertiary/aromatic N) is 2. The van der Waals surface area contributed by atoms with Gasteiger partial charge < -0.3 is 9.64 Å². The molecule has 0 amide bonds. The summed E-state index contributed by atoms with van der Waals surface area (Å²) in [6.45, 7) is 1.67. The van der Waals surface area contributed by atoms with E-state index in [1.807, 2.05) is 11.0 Å². The molecule has 0 radical (unpaired) electrons. The molecule has 3 atom stereocenters. The van der Waals surface area contributed by atoms with Crippen molar-refractivity contribution in [3.63, 3.8) is 0 Å². The molecule has 1 saturated carbocycles. The molecular formula is C20H20F4N2O. The molecule has 7 heteroatoms. The monoisotopic (exact) mass is 380 g/mol. The van der Waals surface area contributed by atoms with Crippen LogP contribution in [0.15, 0.2) is 42.5 Å². The average Bonchev–Trinajstić information content (AvgIpc) is 3.20. The molecule has 144 valence electrons. The Labute approximate surface area is 155 Å². The van der Waals surface area contributed by atoms with Gasteiger partial charge in [-0.1, -0.05) is 18.2 Å². The minimum absolute atomic E-state index is 0.0362. The first-order valence-electron chi connectivity index (χ1n) is 9.05. The highest BCUT2D eigenvalue weighted by Crippen LogP contribution is 2.41. The maximum atomic E-state index is 13.3. The SMILES string of the molecule is Fc1cccc(CO[C@H]2CC[C@@H]3CN(c4cccc(C(F)(F)F)n4)C[C@@H]32)c1. The normalized spacial score (nSPS) is 25.0. The third-order valence-corrected chi connectivity index (χ3v) is 5.49. The molecule has 0 N–H and O–H groups in total. The van der Waals surface area contributed by atoms with Gasteiger partial charge in [0.1, 0.15) is 17.3 Å². The van der Waals surface area contributed by atoms with Crippen molar-refractivity contribution in [3.8, 4) is 0 Å². The van der Waals surface area contributed by atoms with Crippen LogP contribution in [0.4, 0.5) is 23.4 Å². The van der Waals surface area contributed by atoms with Crippen LogP contribution in [0.5, 0.6) is 0 Å². The number of aromatic nitrogens is 1. The van der Waals surface area contributed by atoms with Crippen LogP contribution in [0.1, 0.15) is 24.1 Å². The lowest BCUT2D eigenvalue weighted by Crippen LogP contribution is -2.27. The smallest absolute Gasteiger partial charge is 0.373 e. The summed E-state index contributed by atoms with van der Waals surface area (Å²) in [5, 5.41) is 0. The molecule has 2 heterocycles. The van der Waals surface area contributed by atoms with Gasteiger partial charge in [-0.05, 0) is 48.6 Å². The van der Waals surface area contributed by atoms with Gasteiger partial charge in [0.05, 0.1) is 12.7 Å². The van der Waals surface area contributed by atoms with Crippen LogP contribution in [0.2, 0.25) is 0 Å². The molecule has 0 spiro atoms. The highest BCUT2D eigenvalue weighted by molar-refractivity contribution is 5.42. The summed E-state index contributed by atoms with van der Waals surface area (Å²) >= 11 is 0. The van der Waals surface area contributed by atoms with Gasteiger partial charge in [-0.25, -0.2) is 9.37 Å². The Balaban J connectivity index is 1.41. The Morgan fingerprint density at radius 1 is 1.07 bits per heavy atom. The predicted octanol–water partition coefficient (Wildman–Crippen LogP) is 4.67. The number of anilines is 1. The van der Waals surface area contributed by atoms with Crippen molar-refractivity contribution < 1.29 is 22.3 Å². The van der Waals surface area contributed by atoms with Gasteiger partial charge in [-0.3, -0.25) is 0 Å². The van der Waals surface area contributed by atoms with Crippen LogP contribution in [0.25, 0.3) is 0 Å². The van der Waals surface area contributed by atoms with E-state index in [0.29, 0.717) is 31.4 Å². The number of alkyl halides is 3. The van der Waals surface area contributed by atoms with Crippen LogP contribution < -0.4 is 4.90 Å². The summed E-state index contributed by atoms with van der Waals surface area (Å²) in [5.41, 5.74) is -0.0798. The second-order valence-corrected chi connectivity index (χ2v) is 7.26. The highest BCUT2D eigenvalue weighted by atomic mass is 19.4. The standard InChI is InChI=1S/C20H20F4N2O/c21-15-4-1-3-13(9-15)12-27-17-8-7-14-10-26(11-16(14)17)19-6-2-5-18(25-19)20(22,23)24/h1-6,9,14,16-17H,7-8,10-12H2/t14-,16+,17+/m1/s1. The fraction of sp³-hybridized carbons (Fsp3) is 0.450. The fourth-order valence-electron chi connectivity index (χ4n) is 4.20. The number of fused-ring (bicyclic) bond motifs is 1. The van der Waals surface area contributed by atoms with E-state index in [1.54, 1.807) is 12.1 Å². The van der Waals surface area contributed by atoms with Crippen molar-refractivity contribution in [2.75, 3.05) is 18.0 Å². The number of benzene rings is 1. The van der Waals surface area contributed by atoms with Crippen molar-refractivity contribution >= 4 is 5.82 Å². The molecule has 1 aromatic heterocycles. The summed E-state index contributed by atoms with van der Waals surface area (Å²) in [6, 6.07) is 10.3. The third kappa shape index (κ3) is 3.93. The molecule has 1 saturated heterocycles. The first-order chi connectivity index (χ1) is 12.9. The molecule has 1 aliphatic carbocycles. The zero-order chi connectivity index (χ0) is 19.0. The molecule has 0 bridgehead atoms. The van der Waals surface area contributed by atoms with Gasteiger partial charge in [0.25, 0.3) is 0 Å². The van der Waals surface area contributed by atoms with Gasteiger partial charge in [0.2, 0.25) is 0 Å². The van der Waals surface area contributed by atoms with Crippen molar-refractivity contribution in [2.24, 2.45) is 11.8 Å². The Morgan fingerprint density at radius 2 is 1.89 bits per heavy atom. The Hall–Kier alpha value is -2.15. The van der Waals surface area contributed by atoms with Crippen LogP contribution in [0, 0.1) is 17.7 Å². The largest absolute Gasteiger partial charge is 0.433 e. The number of halogens is 4. The van der Waals surface area contributed by atoms with E-state index in [1.165, 1.54) is 18.2 Å². The van der Waals surface area contributed by atoms with Gasteiger partial charge in [0, 0.05) is 19.0 Å². The fourth-order valence-corrected chi connectivity index (χ4v) is 4.20. The summed E-state index contributed by atoms with van der Waals surface area (Å²) in [5.74, 6) is 0.722. The van der Waals surface area contributed by atoms with Gasteiger partial charge in [-0.2, -0.15) is 13.2 Å². The first kappa shape index (κ1) is 18.2. The van der Waals surface area contributed by atoms with Crippen LogP contribution in [-0.2, 0) is 17.5 Å². The summed E-state index contributed by atoms with van der Waals surface area (Å²) < 4.78 is 58.0. The van der Waals surface area contributed by atoms with Crippen LogP contribution in [-0.4, -0.2) is 24.2 Å². The Kier molecular flexibility index (Phi) is 4.80. The molecule has 0 unspecified atom stereocenters. The topological polar surface area (TPSA) is 25.4 Å². The lowest BCUT2D eigenvalue weighted by molar-refractivity contribution is -0.141. The Bertz CT molecular complexity index is 811. The third-order valence-electron chi connectivity index (χ3n) is 5.49. The minimum atomic E-state index is -4.44. The zero-order valence-electron chi connectivity index (χ0n) is 14.6. The van der Waals surface area contributed by atoms with Crippen LogP contribution in [0.3, 0.4) is 0 Å². The second-order valence-electron chi connectivity index (χ2n) is 7.26. The molecule has 1 aromatic carbocycles. The van der Waals surface area contributed by atoms with Crippen molar-refractivity contribution in [3.05, 3.63) is 59.5 Å². The maximum Gasteiger partial charge on any atom is 0.433 e. The van der Waals surface area contributed by atoms with Gasteiger partial charge in [0.15, 0.2) is 0 Å². The highest BCUT2D eigenvalue weighted by Gasteiger charge is 2.44. The molecule has 27 heavy (non-hydrogen) atoms. The lowest BCUT2D eigenvalue weighted by Gasteiger charge is -2.22. The zero-order valence-corrected chi connectivity index (χ0v) is 14.6. The van der Waals surface area contributed by atoms with Gasteiger partial charge >= 0.3 is 6.18 Å². The Morgan fingerprint density at radius 3 is 2.67 bits per heavy atom. The lowest BCUT2D eigenvalue weighted by atomic mass is 9.99. The van der Waals surface area contributed by atoms with E-state index < -0.39 is 11.9 Å². The van der Waals surface area contributed by atoms with E-state index in [9.17, 15) is 17.6 Å². The minimum Gasteiger partial charge on any atom is -0.373 e. The molecule has 2 aromatic rings. The van der Waals surface area contributed by atoms with Crippen molar-refractivity contribution in [1.82, 2.24) is 4.98 Å². The van der Waals surface area contributed by atoms with Crippen molar-refractivity contribution in [2.45, 2.75) is 31.7 Å². The summed E-state index contributed by atoms with van der Waals surface area (Å²) in [4.78, 5) is 5.72. The van der Waals surface area contributed by atoms with E-state index in [2.05, 4.69) is 4.98 Å². The summed E-state index contributed by atoms with van der Waals surface area (Å²) in [6.07, 6.45) is -2.50. The predicted molar refractivity (Wildman–Crippen MR) is 92.6 cm³/mol. The van der Waals surface area contributed by atoms with Crippen LogP contribution >= 0.6 is 0 Å². The quantitative estimate of drug-likeness (QED) is 0.721. The molecule has 2 aliphatic rings. The van der Waals surface area contributed by atoms with Crippen molar-refractivity contribution in [1.29, 1.82) is 0 Å². The van der Waals surface area contributed by atoms with Gasteiger partial charge in [-0.15, -0.1) is 0 Å².